The Morgan fingerprint density at radius 1 is 0.957 bits per heavy atom. The Morgan fingerprint density at radius 3 is 2.22 bits per heavy atom. The van der Waals surface area contributed by atoms with Crippen molar-refractivity contribution in [1.82, 2.24) is 10.2 Å². The summed E-state index contributed by atoms with van der Waals surface area (Å²) in [5, 5.41) is 5.91. The number of hydrogen-bond donors (Lipinski definition) is 2. The summed E-state index contributed by atoms with van der Waals surface area (Å²) in [7, 11) is 3.42. The SMILES string of the molecule is CN(C)C(=O)CNc1ccc(C(=O)NCc2ccccc2)cc1. The van der Waals surface area contributed by atoms with Crippen molar-refractivity contribution in [3.8, 4) is 0 Å². The maximum atomic E-state index is 12.1. The maximum Gasteiger partial charge on any atom is 0.251 e. The van der Waals surface area contributed by atoms with Gasteiger partial charge in [0.05, 0.1) is 6.54 Å². The van der Waals surface area contributed by atoms with Gasteiger partial charge < -0.3 is 15.5 Å². The van der Waals surface area contributed by atoms with Crippen molar-refractivity contribution in [2.45, 2.75) is 6.54 Å². The predicted octanol–water partition coefficient (Wildman–Crippen LogP) is 2.12. The zero-order chi connectivity index (χ0) is 16.7. The van der Waals surface area contributed by atoms with Gasteiger partial charge in [-0.25, -0.2) is 0 Å². The molecule has 23 heavy (non-hydrogen) atoms. The second kappa shape index (κ2) is 7.98. The second-order valence-corrected chi connectivity index (χ2v) is 5.39. The van der Waals surface area contributed by atoms with E-state index in [2.05, 4.69) is 10.6 Å². The van der Waals surface area contributed by atoms with Crippen LogP contribution in [0.15, 0.2) is 54.6 Å². The van der Waals surface area contributed by atoms with E-state index in [0.29, 0.717) is 12.1 Å². The van der Waals surface area contributed by atoms with Gasteiger partial charge >= 0.3 is 0 Å². The van der Waals surface area contributed by atoms with E-state index in [-0.39, 0.29) is 18.4 Å². The summed E-state index contributed by atoms with van der Waals surface area (Å²) in [6.45, 7) is 0.726. The van der Waals surface area contributed by atoms with Crippen LogP contribution in [0.3, 0.4) is 0 Å². The molecule has 0 heterocycles. The van der Waals surface area contributed by atoms with Gasteiger partial charge in [-0.2, -0.15) is 0 Å². The number of nitrogens with one attached hydrogen (secondary N) is 2. The molecule has 5 heteroatoms. The van der Waals surface area contributed by atoms with Gasteiger partial charge in [-0.05, 0) is 29.8 Å². The fourth-order valence-corrected chi connectivity index (χ4v) is 1.96. The lowest BCUT2D eigenvalue weighted by Gasteiger charge is -2.12. The first-order valence-electron chi connectivity index (χ1n) is 7.42. The molecule has 120 valence electrons. The molecule has 2 aromatic carbocycles. The van der Waals surface area contributed by atoms with Crippen LogP contribution in [0.2, 0.25) is 0 Å². The zero-order valence-corrected chi connectivity index (χ0v) is 13.4. The molecular formula is C18H21N3O2. The van der Waals surface area contributed by atoms with Crippen molar-refractivity contribution in [1.29, 1.82) is 0 Å². The summed E-state index contributed by atoms with van der Waals surface area (Å²) < 4.78 is 0. The van der Waals surface area contributed by atoms with E-state index < -0.39 is 0 Å². The standard InChI is InChI=1S/C18H21N3O2/c1-21(2)17(22)13-19-16-10-8-15(9-11-16)18(23)20-12-14-6-4-3-5-7-14/h3-11,19H,12-13H2,1-2H3,(H,20,23). The number of rotatable bonds is 6. The Labute approximate surface area is 136 Å². The molecule has 0 bridgehead atoms. The summed E-state index contributed by atoms with van der Waals surface area (Å²) in [4.78, 5) is 25.1. The summed E-state index contributed by atoms with van der Waals surface area (Å²) in [5.41, 5.74) is 2.45. The molecule has 2 amide bonds. The zero-order valence-electron chi connectivity index (χ0n) is 13.4. The van der Waals surface area contributed by atoms with E-state index in [0.717, 1.165) is 11.3 Å². The third kappa shape index (κ3) is 5.14. The van der Waals surface area contributed by atoms with Crippen molar-refractivity contribution in [2.75, 3.05) is 26.0 Å². The first kappa shape index (κ1) is 16.5. The number of carbonyl (C=O) groups excluding carboxylic acids is 2. The molecule has 2 N–H and O–H groups in total. The molecule has 0 fully saturated rings. The Hall–Kier alpha value is -2.82. The van der Waals surface area contributed by atoms with Crippen LogP contribution in [0.5, 0.6) is 0 Å². The Morgan fingerprint density at radius 2 is 1.61 bits per heavy atom. The van der Waals surface area contributed by atoms with Crippen molar-refractivity contribution < 1.29 is 9.59 Å². The average Bonchev–Trinajstić information content (AvgIpc) is 2.58. The lowest BCUT2D eigenvalue weighted by molar-refractivity contribution is -0.126. The predicted molar refractivity (Wildman–Crippen MR) is 91.2 cm³/mol. The van der Waals surface area contributed by atoms with Gasteiger partial charge in [0.2, 0.25) is 5.91 Å². The number of hydrogen-bond acceptors (Lipinski definition) is 3. The molecule has 5 nitrogen and oxygen atoms in total. The topological polar surface area (TPSA) is 61.4 Å². The quantitative estimate of drug-likeness (QED) is 0.859. The summed E-state index contributed by atoms with van der Waals surface area (Å²) >= 11 is 0. The van der Waals surface area contributed by atoms with E-state index >= 15 is 0 Å². The highest BCUT2D eigenvalue weighted by Crippen LogP contribution is 2.09. The molecule has 0 aromatic heterocycles. The third-order valence-corrected chi connectivity index (χ3v) is 3.39. The first-order chi connectivity index (χ1) is 11.1. The lowest BCUT2D eigenvalue weighted by atomic mass is 10.1. The van der Waals surface area contributed by atoms with Gasteiger partial charge in [0.25, 0.3) is 5.91 Å². The lowest BCUT2D eigenvalue weighted by Crippen LogP contribution is -2.28. The molecule has 2 aromatic rings. The van der Waals surface area contributed by atoms with Crippen LogP contribution in [-0.4, -0.2) is 37.4 Å². The molecule has 0 unspecified atom stereocenters. The monoisotopic (exact) mass is 311 g/mol. The summed E-state index contributed by atoms with van der Waals surface area (Å²) in [5.74, 6) is -0.126. The highest BCUT2D eigenvalue weighted by atomic mass is 16.2. The van der Waals surface area contributed by atoms with E-state index in [1.165, 1.54) is 4.90 Å². The van der Waals surface area contributed by atoms with Gasteiger partial charge in [-0.15, -0.1) is 0 Å². The minimum atomic E-state index is -0.121. The van der Waals surface area contributed by atoms with Crippen molar-refractivity contribution in [3.63, 3.8) is 0 Å². The van der Waals surface area contributed by atoms with Crippen molar-refractivity contribution in [3.05, 3.63) is 65.7 Å². The van der Waals surface area contributed by atoms with Gasteiger partial charge in [0.1, 0.15) is 0 Å². The molecule has 0 aliphatic carbocycles. The molecular weight excluding hydrogens is 290 g/mol. The van der Waals surface area contributed by atoms with Gasteiger partial charge in [-0.3, -0.25) is 9.59 Å². The summed E-state index contributed by atoms with van der Waals surface area (Å²) in [6.07, 6.45) is 0. The number of anilines is 1. The van der Waals surface area contributed by atoms with Crippen LogP contribution in [-0.2, 0) is 11.3 Å². The molecule has 0 spiro atoms. The van der Waals surface area contributed by atoms with Crippen LogP contribution in [0, 0.1) is 0 Å². The third-order valence-electron chi connectivity index (χ3n) is 3.39. The molecule has 2 rings (SSSR count). The minimum Gasteiger partial charge on any atom is -0.376 e. The van der Waals surface area contributed by atoms with Crippen molar-refractivity contribution >= 4 is 17.5 Å². The average molecular weight is 311 g/mol. The van der Waals surface area contributed by atoms with Crippen LogP contribution >= 0.6 is 0 Å². The number of amides is 2. The maximum absolute atomic E-state index is 12.1. The smallest absolute Gasteiger partial charge is 0.251 e. The highest BCUT2D eigenvalue weighted by Gasteiger charge is 2.06. The number of carbonyl (C=O) groups is 2. The van der Waals surface area contributed by atoms with E-state index in [1.54, 1.807) is 38.4 Å². The van der Waals surface area contributed by atoms with E-state index in [4.69, 9.17) is 0 Å². The molecule has 0 atom stereocenters. The summed E-state index contributed by atoms with van der Waals surface area (Å²) in [6, 6.07) is 16.8. The van der Waals surface area contributed by atoms with E-state index in [9.17, 15) is 9.59 Å². The Balaban J connectivity index is 1.86. The normalized spacial score (nSPS) is 10.0. The van der Waals surface area contributed by atoms with Crippen LogP contribution in [0.4, 0.5) is 5.69 Å². The minimum absolute atomic E-state index is 0.00493. The fraction of sp³-hybridized carbons (Fsp3) is 0.222. The second-order valence-electron chi connectivity index (χ2n) is 5.39. The number of benzene rings is 2. The number of likely N-dealkylation sites (N-methyl/N-ethyl adjacent to an activating group) is 1. The van der Waals surface area contributed by atoms with Crippen LogP contribution in [0.25, 0.3) is 0 Å². The molecule has 0 radical (unpaired) electrons. The van der Waals surface area contributed by atoms with Gasteiger partial charge in [-0.1, -0.05) is 30.3 Å². The van der Waals surface area contributed by atoms with Crippen molar-refractivity contribution in [2.24, 2.45) is 0 Å². The van der Waals surface area contributed by atoms with Gasteiger partial charge in [0.15, 0.2) is 0 Å². The first-order valence-corrected chi connectivity index (χ1v) is 7.42. The molecule has 0 aliphatic heterocycles. The Kier molecular flexibility index (Phi) is 5.74. The fourth-order valence-electron chi connectivity index (χ4n) is 1.96. The Bertz CT molecular complexity index is 652. The number of nitrogens with zero attached hydrogens (tertiary/aromatic N) is 1. The highest BCUT2D eigenvalue weighted by molar-refractivity contribution is 5.94. The molecule has 0 saturated heterocycles. The van der Waals surface area contributed by atoms with Crippen LogP contribution < -0.4 is 10.6 Å². The van der Waals surface area contributed by atoms with Gasteiger partial charge in [0, 0.05) is 31.9 Å². The van der Waals surface area contributed by atoms with Crippen LogP contribution in [0.1, 0.15) is 15.9 Å². The van der Waals surface area contributed by atoms with E-state index in [1.807, 2.05) is 30.3 Å². The largest absolute Gasteiger partial charge is 0.376 e. The molecule has 0 aliphatic rings. The molecule has 0 saturated carbocycles.